The Hall–Kier alpha value is -3.95. The van der Waals surface area contributed by atoms with Crippen molar-refractivity contribution in [2.75, 3.05) is 50.1 Å². The Bertz CT molecular complexity index is 1410. The number of aryl methyl sites for hydroxylation is 1. The summed E-state index contributed by atoms with van der Waals surface area (Å²) in [6.07, 6.45) is 0. The molecule has 9 nitrogen and oxygen atoms in total. The molecule has 2 aromatic carbocycles. The van der Waals surface area contributed by atoms with Crippen molar-refractivity contribution in [1.82, 2.24) is 14.5 Å². The quantitative estimate of drug-likeness (QED) is 0.423. The number of allylic oxidation sites excluding steroid dienone is 1. The van der Waals surface area contributed by atoms with Crippen LogP contribution in [0.2, 0.25) is 0 Å². The van der Waals surface area contributed by atoms with Crippen LogP contribution in [-0.4, -0.2) is 59.9 Å². The molecule has 39 heavy (non-hydrogen) atoms. The predicted octanol–water partition coefficient (Wildman–Crippen LogP) is 4.02. The van der Waals surface area contributed by atoms with Gasteiger partial charge in [0.05, 0.1) is 31.3 Å². The van der Waals surface area contributed by atoms with Gasteiger partial charge in [0.25, 0.3) is 0 Å². The van der Waals surface area contributed by atoms with E-state index < -0.39 is 11.9 Å². The van der Waals surface area contributed by atoms with Crippen LogP contribution in [0.5, 0.6) is 0 Å². The third-order valence-corrected chi connectivity index (χ3v) is 7.19. The van der Waals surface area contributed by atoms with E-state index in [0.29, 0.717) is 49.2 Å². The Labute approximate surface area is 228 Å². The maximum Gasteiger partial charge on any atom is 0.351 e. The molecule has 1 unspecified atom stereocenters. The number of anilines is 3. The number of esters is 1. The normalized spacial score (nSPS) is 17.4. The molecular weight excluding hydrogens is 494 g/mol. The minimum Gasteiger partial charge on any atom is -0.463 e. The van der Waals surface area contributed by atoms with Crippen molar-refractivity contribution in [3.05, 3.63) is 93.0 Å². The van der Waals surface area contributed by atoms with Gasteiger partial charge < -0.3 is 20.1 Å². The molecule has 1 fully saturated rings. The number of aromatic nitrogens is 2. The lowest BCUT2D eigenvalue weighted by atomic mass is 9.81. The molecule has 5 rings (SSSR count). The minimum absolute atomic E-state index is 0.260. The number of ether oxygens (including phenoxy) is 2. The minimum atomic E-state index is -0.489. The fourth-order valence-electron chi connectivity index (χ4n) is 5.18. The number of hydrogen-bond acceptors (Lipinski definition) is 8. The molecule has 1 aromatic heterocycles. The van der Waals surface area contributed by atoms with Crippen LogP contribution in [0, 0.1) is 6.92 Å². The molecule has 0 bridgehead atoms. The fourth-order valence-corrected chi connectivity index (χ4v) is 5.18. The van der Waals surface area contributed by atoms with Crippen molar-refractivity contribution in [3.63, 3.8) is 0 Å². The van der Waals surface area contributed by atoms with Gasteiger partial charge in [-0.15, -0.1) is 0 Å². The van der Waals surface area contributed by atoms with E-state index in [0.717, 1.165) is 35.5 Å². The first kappa shape index (κ1) is 26.6. The number of benzene rings is 2. The Morgan fingerprint density at radius 1 is 1.08 bits per heavy atom. The lowest BCUT2D eigenvalue weighted by Gasteiger charge is -2.33. The maximum atomic E-state index is 13.5. The first-order valence-corrected chi connectivity index (χ1v) is 13.4. The van der Waals surface area contributed by atoms with Gasteiger partial charge in [0.15, 0.2) is 0 Å². The molecule has 2 aliphatic rings. The first-order chi connectivity index (χ1) is 19.0. The zero-order valence-electron chi connectivity index (χ0n) is 22.7. The number of fused-ring (bicyclic) bond motifs is 1. The van der Waals surface area contributed by atoms with E-state index in [9.17, 15) is 9.59 Å². The van der Waals surface area contributed by atoms with Crippen LogP contribution in [-0.2, 0) is 20.8 Å². The van der Waals surface area contributed by atoms with E-state index in [2.05, 4.69) is 20.5 Å². The van der Waals surface area contributed by atoms with Crippen LogP contribution in [0.15, 0.2) is 70.7 Å². The lowest BCUT2D eigenvalue weighted by Crippen LogP contribution is -2.40. The number of rotatable bonds is 8. The van der Waals surface area contributed by atoms with Crippen LogP contribution in [0.3, 0.4) is 0 Å². The zero-order valence-corrected chi connectivity index (χ0v) is 22.7. The standard InChI is InChI=1S/C30H35N5O4/c1-4-39-29(36)24-21(3)31-28-26(25(24)22-8-6-5-7-9-22)27(32-23-12-10-20(2)11-13-23)33-30(37)35(28)15-14-34-16-18-38-19-17-34/h5-13,25,31H,4,14-19H2,1-3H3,(H,32,33,37). The number of nitrogens with zero attached hydrogens (tertiary/aromatic N) is 3. The summed E-state index contributed by atoms with van der Waals surface area (Å²) in [5, 5.41) is 6.77. The number of hydrogen-bond donors (Lipinski definition) is 2. The van der Waals surface area contributed by atoms with E-state index in [1.165, 1.54) is 0 Å². The van der Waals surface area contributed by atoms with Crippen molar-refractivity contribution in [3.8, 4) is 0 Å². The number of carbonyl (C=O) groups excluding carboxylic acids is 1. The largest absolute Gasteiger partial charge is 0.463 e. The molecule has 0 radical (unpaired) electrons. The third kappa shape index (κ3) is 5.74. The van der Waals surface area contributed by atoms with Crippen LogP contribution in [0.1, 0.15) is 36.5 Å². The Morgan fingerprint density at radius 2 is 1.79 bits per heavy atom. The zero-order chi connectivity index (χ0) is 27.4. The highest BCUT2D eigenvalue weighted by molar-refractivity contribution is 5.95. The molecule has 0 amide bonds. The summed E-state index contributed by atoms with van der Waals surface area (Å²) in [5.74, 6) is 0.168. The molecule has 3 heterocycles. The Balaban J connectivity index is 1.67. The van der Waals surface area contributed by atoms with Crippen LogP contribution >= 0.6 is 0 Å². The molecule has 204 valence electrons. The number of carbonyl (C=O) groups is 1. The molecule has 0 aliphatic carbocycles. The summed E-state index contributed by atoms with van der Waals surface area (Å²) in [6, 6.07) is 17.7. The van der Waals surface area contributed by atoms with Gasteiger partial charge >= 0.3 is 11.7 Å². The SMILES string of the molecule is CCOC(=O)C1=C(C)Nc2c(c(Nc3ccc(C)cc3)nc(=O)n2CCN2CCOCC2)C1c1ccccc1. The second-order valence-corrected chi connectivity index (χ2v) is 9.83. The van der Waals surface area contributed by atoms with E-state index in [1.54, 1.807) is 11.5 Å². The van der Waals surface area contributed by atoms with Gasteiger partial charge in [0, 0.05) is 43.1 Å². The van der Waals surface area contributed by atoms with Crippen LogP contribution < -0.4 is 16.3 Å². The topological polar surface area (TPSA) is 97.7 Å². The van der Waals surface area contributed by atoms with E-state index >= 15 is 0 Å². The molecule has 0 saturated carbocycles. The highest BCUT2D eigenvalue weighted by Crippen LogP contribution is 2.45. The molecule has 3 aromatic rings. The predicted molar refractivity (Wildman–Crippen MR) is 151 cm³/mol. The molecule has 2 N–H and O–H groups in total. The summed E-state index contributed by atoms with van der Waals surface area (Å²) in [7, 11) is 0. The molecular formula is C30H35N5O4. The van der Waals surface area contributed by atoms with Crippen molar-refractivity contribution < 1.29 is 14.3 Å². The van der Waals surface area contributed by atoms with Gasteiger partial charge in [-0.3, -0.25) is 9.47 Å². The van der Waals surface area contributed by atoms with Crippen molar-refractivity contribution in [2.45, 2.75) is 33.2 Å². The monoisotopic (exact) mass is 529 g/mol. The van der Waals surface area contributed by atoms with Crippen molar-refractivity contribution in [2.24, 2.45) is 0 Å². The molecule has 0 spiro atoms. The van der Waals surface area contributed by atoms with Gasteiger partial charge in [-0.1, -0.05) is 48.0 Å². The highest BCUT2D eigenvalue weighted by atomic mass is 16.5. The van der Waals surface area contributed by atoms with E-state index in [4.69, 9.17) is 9.47 Å². The first-order valence-electron chi connectivity index (χ1n) is 13.4. The summed E-state index contributed by atoms with van der Waals surface area (Å²) in [5.41, 5.74) is 4.37. The lowest BCUT2D eigenvalue weighted by molar-refractivity contribution is -0.138. The molecule has 2 aliphatic heterocycles. The Morgan fingerprint density at radius 3 is 2.49 bits per heavy atom. The van der Waals surface area contributed by atoms with Gasteiger partial charge in [-0.05, 0) is 38.5 Å². The van der Waals surface area contributed by atoms with Gasteiger partial charge in [-0.2, -0.15) is 4.98 Å². The van der Waals surface area contributed by atoms with Gasteiger partial charge in [0.2, 0.25) is 0 Å². The summed E-state index contributed by atoms with van der Waals surface area (Å²) in [4.78, 5) is 33.7. The third-order valence-electron chi connectivity index (χ3n) is 7.19. The van der Waals surface area contributed by atoms with Gasteiger partial charge in [0.1, 0.15) is 11.6 Å². The Kier molecular flexibility index (Phi) is 8.09. The fraction of sp³-hybridized carbons (Fsp3) is 0.367. The average molecular weight is 530 g/mol. The summed E-state index contributed by atoms with van der Waals surface area (Å²) >= 11 is 0. The second kappa shape index (κ2) is 11.8. The van der Waals surface area contributed by atoms with E-state index in [-0.39, 0.29) is 12.3 Å². The molecule has 1 saturated heterocycles. The van der Waals surface area contributed by atoms with Crippen molar-refractivity contribution in [1.29, 1.82) is 0 Å². The van der Waals surface area contributed by atoms with Crippen molar-refractivity contribution >= 4 is 23.3 Å². The maximum absolute atomic E-state index is 13.5. The average Bonchev–Trinajstić information content (AvgIpc) is 2.94. The van der Waals surface area contributed by atoms with Crippen LogP contribution in [0.25, 0.3) is 0 Å². The number of nitrogens with one attached hydrogen (secondary N) is 2. The van der Waals surface area contributed by atoms with Crippen LogP contribution in [0.4, 0.5) is 17.3 Å². The highest BCUT2D eigenvalue weighted by Gasteiger charge is 2.37. The molecule has 9 heteroatoms. The smallest absolute Gasteiger partial charge is 0.351 e. The summed E-state index contributed by atoms with van der Waals surface area (Å²) in [6.45, 7) is 10.1. The number of morpholine rings is 1. The molecule has 1 atom stereocenters. The second-order valence-electron chi connectivity index (χ2n) is 9.83. The van der Waals surface area contributed by atoms with Gasteiger partial charge in [-0.25, -0.2) is 9.59 Å². The van der Waals surface area contributed by atoms with E-state index in [1.807, 2.05) is 68.4 Å². The summed E-state index contributed by atoms with van der Waals surface area (Å²) < 4.78 is 12.7.